The van der Waals surface area contributed by atoms with E-state index in [2.05, 4.69) is 58.1 Å². The Labute approximate surface area is 168 Å². The van der Waals surface area contributed by atoms with Gasteiger partial charge in [0.2, 0.25) is 0 Å². The minimum absolute atomic E-state index is 0.136. The second kappa shape index (κ2) is 8.34. The number of hydrogen-bond donors (Lipinski definition) is 0. The van der Waals surface area contributed by atoms with Crippen LogP contribution in [0.25, 0.3) is 5.82 Å². The molecule has 24 heavy (non-hydrogen) atoms. The molecule has 10 heteroatoms. The smallest absolute Gasteiger partial charge is 0.294 e. The van der Waals surface area contributed by atoms with Gasteiger partial charge in [-0.05, 0) is 41.4 Å². The molecule has 0 aliphatic carbocycles. The maximum Gasteiger partial charge on any atom is 0.337 e. The van der Waals surface area contributed by atoms with Gasteiger partial charge >= 0.3 is 5.69 Å². The summed E-state index contributed by atoms with van der Waals surface area (Å²) < 4.78 is 29.2. The molecule has 2 aromatic heterocycles. The molecule has 0 radical (unpaired) electrons. The maximum atomic E-state index is 13.5. The van der Waals surface area contributed by atoms with Crippen LogP contribution in [-0.4, -0.2) is 14.1 Å². The maximum absolute atomic E-state index is 13.5. The molecule has 0 atom stereocenters. The molecule has 0 amide bonds. The highest BCUT2D eigenvalue weighted by atomic mass is 128. The molecule has 5 nitrogen and oxygen atoms in total. The summed E-state index contributed by atoms with van der Waals surface area (Å²) >= 11 is 7.55. The minimum atomic E-state index is -3.29. The number of alkyl halides is 2. The number of pyridine rings is 1. The van der Waals surface area contributed by atoms with Crippen LogP contribution < -0.4 is 11.2 Å². The quantitative estimate of drug-likeness (QED) is 0.470. The molecule has 0 aliphatic heterocycles. The Morgan fingerprint density at radius 3 is 2.25 bits per heavy atom. The zero-order chi connectivity index (χ0) is 18.8. The molecule has 0 fully saturated rings. The van der Waals surface area contributed by atoms with E-state index in [0.29, 0.717) is 18.2 Å². The molecule has 2 heterocycles. The van der Waals surface area contributed by atoms with Crippen LogP contribution in [0.15, 0.2) is 26.2 Å². The monoisotopic (exact) mass is 627 g/mol. The first-order valence-corrected chi connectivity index (χ1v) is 13.6. The molecular formula is C14H14BrF2I2N3O2. The van der Waals surface area contributed by atoms with Gasteiger partial charge in [0.25, 0.3) is 11.5 Å². The highest BCUT2D eigenvalue weighted by Gasteiger charge is 2.29. The van der Waals surface area contributed by atoms with Gasteiger partial charge in [-0.15, -0.1) is 0 Å². The van der Waals surface area contributed by atoms with Crippen molar-refractivity contribution in [2.24, 2.45) is 7.05 Å². The summed E-state index contributed by atoms with van der Waals surface area (Å²) in [6, 6.07) is 2.48. The van der Waals surface area contributed by atoms with E-state index < -0.39 is 22.9 Å². The Morgan fingerprint density at radius 1 is 1.21 bits per heavy atom. The van der Waals surface area contributed by atoms with Crippen LogP contribution in [0.1, 0.15) is 23.9 Å². The molecule has 0 N–H and O–H groups in total. The van der Waals surface area contributed by atoms with Crippen LogP contribution in [-0.2, 0) is 13.0 Å². The van der Waals surface area contributed by atoms with E-state index in [1.165, 1.54) is 7.05 Å². The predicted octanol–water partition coefficient (Wildman–Crippen LogP) is 4.19. The number of nitrogens with zero attached hydrogens (tertiary/aromatic N) is 3. The Balaban J connectivity index is 0.00000139. The fourth-order valence-electron chi connectivity index (χ4n) is 2.13. The number of rotatable bonds is 2. The second-order valence-corrected chi connectivity index (χ2v) is 5.98. The van der Waals surface area contributed by atoms with Gasteiger partial charge in [0.1, 0.15) is 5.82 Å². The first kappa shape index (κ1) is 21.7. The summed E-state index contributed by atoms with van der Waals surface area (Å²) in [5.41, 5.74) is -1.17. The largest absolute Gasteiger partial charge is 0.337 e. The average Bonchev–Trinajstić information content (AvgIpc) is 2.49. The first-order chi connectivity index (χ1) is 11.0. The third kappa shape index (κ3) is 4.42. The Morgan fingerprint density at radius 2 is 1.75 bits per heavy atom. The lowest BCUT2D eigenvalue weighted by molar-refractivity contribution is 0.00825. The highest BCUT2D eigenvalue weighted by molar-refractivity contribution is 15.0. The van der Waals surface area contributed by atoms with Crippen molar-refractivity contribution in [1.29, 1.82) is 0 Å². The van der Waals surface area contributed by atoms with E-state index in [-0.39, 0.29) is 5.82 Å². The molecule has 0 saturated carbocycles. The topological polar surface area (TPSA) is 56.9 Å². The number of halogens is 5. The van der Waals surface area contributed by atoms with Crippen LogP contribution in [0.2, 0.25) is 0 Å². The lowest BCUT2D eigenvalue weighted by Gasteiger charge is -2.17. The van der Waals surface area contributed by atoms with Gasteiger partial charge in [-0.25, -0.2) is 23.1 Å². The lowest BCUT2D eigenvalue weighted by atomic mass is 10.2. The Kier molecular flexibility index (Phi) is 7.53. The molecule has 0 bridgehead atoms. The van der Waals surface area contributed by atoms with E-state index in [9.17, 15) is 18.4 Å². The van der Waals surface area contributed by atoms with Gasteiger partial charge in [-0.2, -0.15) is 0 Å². The molecule has 132 valence electrons. The van der Waals surface area contributed by atoms with Crippen molar-refractivity contribution in [2.75, 3.05) is 0 Å². The zero-order valence-electron chi connectivity index (χ0n) is 13.2. The van der Waals surface area contributed by atoms with Crippen molar-refractivity contribution in [2.45, 2.75) is 26.7 Å². The van der Waals surface area contributed by atoms with Gasteiger partial charge in [-0.1, -0.05) is 0 Å². The average molecular weight is 628 g/mol. The summed E-state index contributed by atoms with van der Waals surface area (Å²) in [5.74, 6) is -3.15. The minimum Gasteiger partial charge on any atom is -0.294 e. The van der Waals surface area contributed by atoms with Gasteiger partial charge in [-0.3, -0.25) is 9.36 Å². The normalized spacial score (nSPS) is 11.0. The Hall–Kier alpha value is -0.370. The van der Waals surface area contributed by atoms with Gasteiger partial charge in [0.05, 0.1) is 11.4 Å². The van der Waals surface area contributed by atoms with Crippen LogP contribution in [0, 0.1) is 13.8 Å². The lowest BCUT2D eigenvalue weighted by Crippen LogP contribution is -2.41. The SMILES string of the molecule is Cc1cc(Br)c(C)nc1-n1c(=O)cc(C(C)(F)F)n(C)c1=O.II. The van der Waals surface area contributed by atoms with E-state index in [0.717, 1.165) is 19.7 Å². The van der Waals surface area contributed by atoms with Gasteiger partial charge < -0.3 is 0 Å². The summed E-state index contributed by atoms with van der Waals surface area (Å²) in [7, 11) is 1.20. The molecule has 2 aromatic rings. The molecule has 0 saturated heterocycles. The van der Waals surface area contributed by atoms with E-state index in [4.69, 9.17) is 0 Å². The van der Waals surface area contributed by atoms with Gasteiger partial charge in [0.15, 0.2) is 0 Å². The van der Waals surface area contributed by atoms with Crippen molar-refractivity contribution in [3.8, 4) is 5.82 Å². The second-order valence-electron chi connectivity index (χ2n) is 5.13. The molecular weight excluding hydrogens is 614 g/mol. The predicted molar refractivity (Wildman–Crippen MR) is 110 cm³/mol. The van der Waals surface area contributed by atoms with E-state index >= 15 is 0 Å². The van der Waals surface area contributed by atoms with Crippen molar-refractivity contribution in [3.05, 3.63) is 54.4 Å². The highest BCUT2D eigenvalue weighted by Crippen LogP contribution is 2.24. The number of aromatic nitrogens is 3. The number of aryl methyl sites for hydroxylation is 2. The fraction of sp³-hybridized carbons (Fsp3) is 0.357. The summed E-state index contributed by atoms with van der Waals surface area (Å²) in [6.07, 6.45) is 0. The van der Waals surface area contributed by atoms with Crippen molar-refractivity contribution in [1.82, 2.24) is 14.1 Å². The molecule has 0 unspecified atom stereocenters. The van der Waals surface area contributed by atoms with Crippen LogP contribution in [0.5, 0.6) is 0 Å². The van der Waals surface area contributed by atoms with Gasteiger partial charge in [0, 0.05) is 61.7 Å². The van der Waals surface area contributed by atoms with Crippen molar-refractivity contribution in [3.63, 3.8) is 0 Å². The third-order valence-electron chi connectivity index (χ3n) is 3.30. The molecule has 0 aromatic carbocycles. The van der Waals surface area contributed by atoms with E-state index in [1.54, 1.807) is 19.9 Å². The summed E-state index contributed by atoms with van der Waals surface area (Å²) in [6.45, 7) is 4.02. The van der Waals surface area contributed by atoms with E-state index in [1.807, 2.05) is 0 Å². The Bertz CT molecular complexity index is 876. The zero-order valence-corrected chi connectivity index (χ0v) is 19.1. The van der Waals surface area contributed by atoms with Crippen LogP contribution in [0.3, 0.4) is 0 Å². The van der Waals surface area contributed by atoms with Crippen LogP contribution >= 0.6 is 53.2 Å². The number of hydrogen-bond acceptors (Lipinski definition) is 3. The molecule has 2 rings (SSSR count). The molecule has 0 spiro atoms. The van der Waals surface area contributed by atoms with Crippen molar-refractivity contribution < 1.29 is 8.78 Å². The summed E-state index contributed by atoms with van der Waals surface area (Å²) in [4.78, 5) is 28.7. The van der Waals surface area contributed by atoms with Crippen molar-refractivity contribution >= 4 is 53.2 Å². The fourth-order valence-corrected chi connectivity index (χ4v) is 2.56. The molecule has 0 aliphatic rings. The third-order valence-corrected chi connectivity index (χ3v) is 4.10. The van der Waals surface area contributed by atoms with Crippen LogP contribution in [0.4, 0.5) is 8.78 Å². The standard InChI is InChI=1S/C14H14BrF2N3O2.I2/c1-7-5-9(15)8(2)18-12(7)20-11(21)6-10(14(3,16)17)19(4)13(20)22;1-2/h5-6H,1-4H3;. The summed E-state index contributed by atoms with van der Waals surface area (Å²) in [5, 5.41) is 0. The first-order valence-electron chi connectivity index (χ1n) is 6.54.